The molecule has 0 aliphatic rings. The number of likely N-dealkylation sites (N-methyl/N-ethyl adjacent to an activating group) is 1. The van der Waals surface area contributed by atoms with E-state index in [0.717, 1.165) is 4.90 Å². The van der Waals surface area contributed by atoms with Gasteiger partial charge in [0.1, 0.15) is 17.7 Å². The first kappa shape index (κ1) is 19.7. The summed E-state index contributed by atoms with van der Waals surface area (Å²) >= 11 is 0. The molecule has 0 radical (unpaired) electrons. The summed E-state index contributed by atoms with van der Waals surface area (Å²) in [6.45, 7) is 6.20. The number of hydrogen-bond donors (Lipinski definition) is 3. The SMILES string of the molecule is C[C@H](NC(=O)[C@@H](CC(N)=O)N(C)C(=O)OC(C)(C)C)C(=O)O. The lowest BCUT2D eigenvalue weighted by Gasteiger charge is -2.29. The topological polar surface area (TPSA) is 139 Å². The molecule has 22 heavy (non-hydrogen) atoms. The van der Waals surface area contributed by atoms with E-state index in [0.29, 0.717) is 0 Å². The summed E-state index contributed by atoms with van der Waals surface area (Å²) in [5.74, 6) is -2.85. The quantitative estimate of drug-likeness (QED) is 0.614. The first-order valence-corrected chi connectivity index (χ1v) is 6.62. The van der Waals surface area contributed by atoms with E-state index in [-0.39, 0.29) is 0 Å². The molecule has 0 unspecified atom stereocenters. The van der Waals surface area contributed by atoms with E-state index in [2.05, 4.69) is 5.32 Å². The highest BCUT2D eigenvalue weighted by atomic mass is 16.6. The second kappa shape index (κ2) is 7.62. The maximum atomic E-state index is 12.1. The van der Waals surface area contributed by atoms with Gasteiger partial charge in [0, 0.05) is 7.05 Å². The molecule has 0 aromatic rings. The molecule has 126 valence electrons. The van der Waals surface area contributed by atoms with Gasteiger partial charge < -0.3 is 20.9 Å². The molecule has 0 aromatic heterocycles. The lowest BCUT2D eigenvalue weighted by molar-refractivity contribution is -0.142. The van der Waals surface area contributed by atoms with Crippen molar-refractivity contribution in [2.24, 2.45) is 5.73 Å². The van der Waals surface area contributed by atoms with Gasteiger partial charge >= 0.3 is 12.1 Å². The van der Waals surface area contributed by atoms with E-state index < -0.39 is 48.0 Å². The number of ether oxygens (including phenoxy) is 1. The van der Waals surface area contributed by atoms with Gasteiger partial charge in [-0.1, -0.05) is 0 Å². The van der Waals surface area contributed by atoms with Crippen LogP contribution in [0.5, 0.6) is 0 Å². The summed E-state index contributed by atoms with van der Waals surface area (Å²) in [4.78, 5) is 46.8. The van der Waals surface area contributed by atoms with Crippen LogP contribution in [0.25, 0.3) is 0 Å². The fraction of sp³-hybridized carbons (Fsp3) is 0.692. The molecule has 9 heteroatoms. The number of aliphatic carboxylic acids is 1. The molecule has 0 aliphatic carbocycles. The molecule has 0 aromatic carbocycles. The van der Waals surface area contributed by atoms with E-state index in [1.165, 1.54) is 14.0 Å². The highest BCUT2D eigenvalue weighted by molar-refractivity contribution is 5.92. The zero-order chi connectivity index (χ0) is 17.7. The monoisotopic (exact) mass is 317 g/mol. The lowest BCUT2D eigenvalue weighted by Crippen LogP contribution is -2.53. The van der Waals surface area contributed by atoms with Crippen molar-refractivity contribution in [3.05, 3.63) is 0 Å². The Labute approximate surface area is 128 Å². The Morgan fingerprint density at radius 1 is 1.27 bits per heavy atom. The first-order chi connectivity index (χ1) is 9.85. The van der Waals surface area contributed by atoms with Crippen molar-refractivity contribution in [3.63, 3.8) is 0 Å². The summed E-state index contributed by atoms with van der Waals surface area (Å²) in [5, 5.41) is 11.0. The molecular formula is C13H23N3O6. The normalized spacial score (nSPS) is 13.7. The molecule has 2 atom stereocenters. The maximum Gasteiger partial charge on any atom is 0.410 e. The number of nitrogens with zero attached hydrogens (tertiary/aromatic N) is 1. The smallest absolute Gasteiger partial charge is 0.410 e. The zero-order valence-corrected chi connectivity index (χ0v) is 13.4. The van der Waals surface area contributed by atoms with Gasteiger partial charge in [-0.05, 0) is 27.7 Å². The predicted molar refractivity (Wildman–Crippen MR) is 76.8 cm³/mol. The number of rotatable bonds is 6. The van der Waals surface area contributed by atoms with E-state index in [1.807, 2.05) is 0 Å². The summed E-state index contributed by atoms with van der Waals surface area (Å²) in [5.41, 5.74) is 4.29. The Morgan fingerprint density at radius 2 is 1.77 bits per heavy atom. The third kappa shape index (κ3) is 6.91. The molecule has 0 saturated carbocycles. The summed E-state index contributed by atoms with van der Waals surface area (Å²) < 4.78 is 5.10. The Bertz CT molecular complexity index is 457. The summed E-state index contributed by atoms with van der Waals surface area (Å²) in [6, 6.07) is -2.43. The Kier molecular flexibility index (Phi) is 6.82. The molecule has 9 nitrogen and oxygen atoms in total. The molecule has 0 saturated heterocycles. The standard InChI is InChI=1S/C13H23N3O6/c1-7(11(19)20)15-10(18)8(6-9(14)17)16(5)12(21)22-13(2,3)4/h7-8H,6H2,1-5H3,(H2,14,17)(H,15,18)(H,19,20)/t7-,8+/m0/s1. The predicted octanol–water partition coefficient (Wildman–Crippen LogP) is -0.313. The molecule has 3 amide bonds. The number of hydrogen-bond acceptors (Lipinski definition) is 5. The van der Waals surface area contributed by atoms with Crippen LogP contribution >= 0.6 is 0 Å². The molecule has 0 heterocycles. The molecule has 0 fully saturated rings. The van der Waals surface area contributed by atoms with Gasteiger partial charge in [-0.15, -0.1) is 0 Å². The van der Waals surface area contributed by atoms with E-state index in [1.54, 1.807) is 20.8 Å². The minimum Gasteiger partial charge on any atom is -0.480 e. The van der Waals surface area contributed by atoms with Crippen LogP contribution in [0.15, 0.2) is 0 Å². The van der Waals surface area contributed by atoms with Crippen LogP contribution in [-0.2, 0) is 19.1 Å². The van der Waals surface area contributed by atoms with Crippen molar-refractivity contribution in [3.8, 4) is 0 Å². The number of nitrogens with one attached hydrogen (secondary N) is 1. The van der Waals surface area contributed by atoms with Crippen molar-refractivity contribution in [2.45, 2.75) is 51.8 Å². The van der Waals surface area contributed by atoms with E-state index in [9.17, 15) is 19.2 Å². The fourth-order valence-corrected chi connectivity index (χ4v) is 1.43. The third-order valence-corrected chi connectivity index (χ3v) is 2.58. The lowest BCUT2D eigenvalue weighted by atomic mass is 10.1. The second-order valence-corrected chi connectivity index (χ2v) is 5.85. The third-order valence-electron chi connectivity index (χ3n) is 2.58. The van der Waals surface area contributed by atoms with Crippen LogP contribution in [0.3, 0.4) is 0 Å². The molecular weight excluding hydrogens is 294 g/mol. The number of carbonyl (C=O) groups excluding carboxylic acids is 3. The van der Waals surface area contributed by atoms with Gasteiger partial charge in [0.15, 0.2) is 0 Å². The maximum absolute atomic E-state index is 12.1. The minimum absolute atomic E-state index is 0.450. The average molecular weight is 317 g/mol. The van der Waals surface area contributed by atoms with Crippen molar-refractivity contribution in [2.75, 3.05) is 7.05 Å². The largest absolute Gasteiger partial charge is 0.480 e. The second-order valence-electron chi connectivity index (χ2n) is 5.85. The minimum atomic E-state index is -1.26. The van der Waals surface area contributed by atoms with E-state index >= 15 is 0 Å². The molecule has 0 bridgehead atoms. The van der Waals surface area contributed by atoms with E-state index in [4.69, 9.17) is 15.6 Å². The van der Waals surface area contributed by atoms with Crippen LogP contribution in [0, 0.1) is 0 Å². The first-order valence-electron chi connectivity index (χ1n) is 6.62. The average Bonchev–Trinajstić information content (AvgIpc) is 2.32. The zero-order valence-electron chi connectivity index (χ0n) is 13.4. The van der Waals surface area contributed by atoms with Crippen molar-refractivity contribution >= 4 is 23.9 Å². The Hall–Kier alpha value is -2.32. The number of amides is 3. The number of primary amides is 1. The van der Waals surface area contributed by atoms with Crippen LogP contribution in [0.1, 0.15) is 34.1 Å². The van der Waals surface area contributed by atoms with Crippen LogP contribution in [-0.4, -0.2) is 58.6 Å². The van der Waals surface area contributed by atoms with Gasteiger partial charge in [-0.3, -0.25) is 19.3 Å². The number of nitrogens with two attached hydrogens (primary N) is 1. The van der Waals surface area contributed by atoms with Crippen molar-refractivity contribution in [1.82, 2.24) is 10.2 Å². The molecule has 0 aliphatic heterocycles. The van der Waals surface area contributed by atoms with Crippen molar-refractivity contribution in [1.29, 1.82) is 0 Å². The van der Waals surface area contributed by atoms with Gasteiger partial charge in [-0.2, -0.15) is 0 Å². The molecule has 4 N–H and O–H groups in total. The highest BCUT2D eigenvalue weighted by Crippen LogP contribution is 2.12. The van der Waals surface area contributed by atoms with Gasteiger partial charge in [0.05, 0.1) is 6.42 Å². The molecule has 0 rings (SSSR count). The number of carbonyl (C=O) groups is 4. The van der Waals surface area contributed by atoms with Gasteiger partial charge in [0.2, 0.25) is 11.8 Å². The summed E-state index contributed by atoms with van der Waals surface area (Å²) in [7, 11) is 1.27. The Morgan fingerprint density at radius 3 is 2.14 bits per heavy atom. The van der Waals surface area contributed by atoms with Crippen LogP contribution < -0.4 is 11.1 Å². The number of carboxylic acids is 1. The van der Waals surface area contributed by atoms with Crippen LogP contribution in [0.2, 0.25) is 0 Å². The van der Waals surface area contributed by atoms with Gasteiger partial charge in [-0.25, -0.2) is 4.79 Å². The van der Waals surface area contributed by atoms with Crippen molar-refractivity contribution < 1.29 is 29.0 Å². The van der Waals surface area contributed by atoms with Gasteiger partial charge in [0.25, 0.3) is 0 Å². The van der Waals surface area contributed by atoms with Crippen LogP contribution in [0.4, 0.5) is 4.79 Å². The summed E-state index contributed by atoms with van der Waals surface area (Å²) in [6.07, 6.45) is -1.27. The molecule has 0 spiro atoms. The Balaban J connectivity index is 5.11. The fourth-order valence-electron chi connectivity index (χ4n) is 1.43. The number of carboxylic acid groups (broad SMARTS) is 1. The highest BCUT2D eigenvalue weighted by Gasteiger charge is 2.32.